The molecule has 1 saturated heterocycles. The first-order chi connectivity index (χ1) is 25.9. The van der Waals surface area contributed by atoms with Gasteiger partial charge in [-0.05, 0) is 93.5 Å². The smallest absolute Gasteiger partial charge is 0.326 e. The van der Waals surface area contributed by atoms with Gasteiger partial charge in [-0.2, -0.15) is 0 Å². The number of rotatable bonds is 16. The van der Waals surface area contributed by atoms with Crippen molar-refractivity contribution in [2.24, 2.45) is 5.92 Å². The van der Waals surface area contributed by atoms with Crippen molar-refractivity contribution in [2.45, 2.75) is 118 Å². The highest BCUT2D eigenvalue weighted by Gasteiger charge is 2.48. The van der Waals surface area contributed by atoms with Crippen LogP contribution in [0.4, 0.5) is 5.69 Å². The minimum absolute atomic E-state index is 0.00945. The van der Waals surface area contributed by atoms with E-state index in [0.29, 0.717) is 37.1 Å². The number of halogens is 1. The Balaban J connectivity index is 1.01. The van der Waals surface area contributed by atoms with Crippen molar-refractivity contribution in [3.63, 3.8) is 0 Å². The number of nitrogens with zero attached hydrogens (tertiary/aromatic N) is 3. The van der Waals surface area contributed by atoms with Crippen LogP contribution in [-0.4, -0.2) is 82.8 Å². The van der Waals surface area contributed by atoms with E-state index in [-0.39, 0.29) is 47.1 Å². The van der Waals surface area contributed by atoms with Crippen molar-refractivity contribution >= 4 is 57.1 Å². The molecule has 3 aromatic rings. The largest absolute Gasteiger partial charge is 0.480 e. The zero-order valence-electron chi connectivity index (χ0n) is 30.4. The molecule has 17 heteroatoms. The van der Waals surface area contributed by atoms with Crippen LogP contribution in [0.1, 0.15) is 69.9 Å². The van der Waals surface area contributed by atoms with Gasteiger partial charge in [-0.15, -0.1) is 0 Å². The third kappa shape index (κ3) is 9.58. The van der Waals surface area contributed by atoms with E-state index in [0.717, 1.165) is 42.5 Å². The fourth-order valence-corrected chi connectivity index (χ4v) is 10.1. The lowest BCUT2D eigenvalue weighted by Crippen LogP contribution is -2.55. The molecule has 1 amide bonds. The molecule has 1 unspecified atom stereocenters. The Morgan fingerprint density at radius 1 is 1.15 bits per heavy atom. The number of hydrogen-bond acceptors (Lipinski definition) is 11. The maximum atomic E-state index is 13.7. The second-order valence-corrected chi connectivity index (χ2v) is 17.2. The van der Waals surface area contributed by atoms with E-state index in [2.05, 4.69) is 25.1 Å². The molecule has 0 spiro atoms. The second kappa shape index (κ2) is 17.9. The predicted molar refractivity (Wildman–Crippen MR) is 205 cm³/mol. The van der Waals surface area contributed by atoms with Gasteiger partial charge in [0.05, 0.1) is 36.2 Å². The molecular weight excluding hydrogens is 754 g/mol. The number of carbonyl (C=O) groups excluding carboxylic acids is 2. The van der Waals surface area contributed by atoms with Crippen LogP contribution in [0.25, 0.3) is 0 Å². The summed E-state index contributed by atoms with van der Waals surface area (Å²) in [4.78, 5) is 45.0. The van der Waals surface area contributed by atoms with Gasteiger partial charge in [-0.1, -0.05) is 48.7 Å². The summed E-state index contributed by atoms with van der Waals surface area (Å²) in [5, 5.41) is 16.5. The van der Waals surface area contributed by atoms with Crippen LogP contribution >= 0.6 is 23.5 Å². The first-order valence-corrected chi connectivity index (χ1v) is 21.1. The number of anilines is 1. The summed E-state index contributed by atoms with van der Waals surface area (Å²) in [5.74, 6) is -1.54. The number of likely N-dealkylation sites (tertiary alicyclic amines) is 1. The Bertz CT molecular complexity index is 1900. The standard InChI is InChI=1S/C37H48ClN7O7S2/c1-3-52-37(49)28(41-23(2)35(46)45-30-10-5-4-8-26(30)17-31(45)36(47)48)9-6-7-24-11-13-25(14-12-24)20-40-54(50,51)33-19-32-29(18-27(33)38)42-34(43-53-32)21-44-16-15-39-22-44/h11-16,18-19,22-23,26,28,30-31,34,40-43H,3-10,17,20-21H2,1-2H3,(H,47,48)/t23-,26+,28-,30+,31-,34?/m0/s1. The molecule has 292 valence electrons. The number of ether oxygens (including phenoxy) is 1. The van der Waals surface area contributed by atoms with Crippen molar-refractivity contribution in [1.29, 1.82) is 0 Å². The summed E-state index contributed by atoms with van der Waals surface area (Å²) >= 11 is 7.82. The monoisotopic (exact) mass is 801 g/mol. The van der Waals surface area contributed by atoms with Crippen LogP contribution in [0, 0.1) is 5.92 Å². The molecule has 1 saturated carbocycles. The van der Waals surface area contributed by atoms with Gasteiger partial charge in [0, 0.05) is 29.9 Å². The average molecular weight is 802 g/mol. The van der Waals surface area contributed by atoms with Gasteiger partial charge in [0.2, 0.25) is 15.9 Å². The van der Waals surface area contributed by atoms with Crippen molar-refractivity contribution < 1.29 is 32.6 Å². The molecule has 2 aliphatic heterocycles. The van der Waals surface area contributed by atoms with E-state index in [1.165, 1.54) is 11.9 Å². The SMILES string of the molecule is CCOC(=O)[C@H](CCCc1ccc(CNS(=O)(=O)c2cc3c(cc2Cl)NC(Cn2ccnc2)NS3)cc1)N[C@@H](C)C(=O)N1[C@@H]2CCCC[C@@H]2C[C@H]1C(=O)O. The summed E-state index contributed by atoms with van der Waals surface area (Å²) in [6, 6.07) is 8.29. The Morgan fingerprint density at radius 2 is 1.91 bits per heavy atom. The molecule has 6 atom stereocenters. The van der Waals surface area contributed by atoms with Crippen molar-refractivity contribution in [1.82, 2.24) is 29.2 Å². The Kier molecular flexibility index (Phi) is 13.2. The second-order valence-electron chi connectivity index (χ2n) is 14.1. The van der Waals surface area contributed by atoms with Crippen LogP contribution in [0.5, 0.6) is 0 Å². The van der Waals surface area contributed by atoms with E-state index in [1.807, 2.05) is 35.0 Å². The van der Waals surface area contributed by atoms with Gasteiger partial charge in [0.15, 0.2) is 0 Å². The highest BCUT2D eigenvalue weighted by Crippen LogP contribution is 2.40. The Morgan fingerprint density at radius 3 is 2.63 bits per heavy atom. The highest BCUT2D eigenvalue weighted by atomic mass is 35.5. The maximum Gasteiger partial charge on any atom is 0.326 e. The van der Waals surface area contributed by atoms with Crippen LogP contribution in [0.15, 0.2) is 64.9 Å². The van der Waals surface area contributed by atoms with Crippen molar-refractivity contribution in [3.8, 4) is 0 Å². The minimum Gasteiger partial charge on any atom is -0.480 e. The summed E-state index contributed by atoms with van der Waals surface area (Å²) in [6.45, 7) is 4.29. The number of amides is 1. The predicted octanol–water partition coefficient (Wildman–Crippen LogP) is 4.54. The summed E-state index contributed by atoms with van der Waals surface area (Å²) in [7, 11) is -3.93. The molecular formula is C37H48ClN7O7S2. The molecule has 0 bridgehead atoms. The molecule has 2 fully saturated rings. The number of esters is 1. The van der Waals surface area contributed by atoms with Crippen LogP contribution in [0.2, 0.25) is 5.02 Å². The number of nitrogens with one attached hydrogen (secondary N) is 4. The molecule has 54 heavy (non-hydrogen) atoms. The molecule has 1 aliphatic carbocycles. The maximum absolute atomic E-state index is 13.7. The molecule has 5 N–H and O–H groups in total. The average Bonchev–Trinajstić information content (AvgIpc) is 3.82. The van der Waals surface area contributed by atoms with Gasteiger partial charge in [0.25, 0.3) is 0 Å². The molecule has 3 aliphatic rings. The number of imidazole rings is 1. The quantitative estimate of drug-likeness (QED) is 0.101. The lowest BCUT2D eigenvalue weighted by molar-refractivity contribution is -0.152. The third-order valence-electron chi connectivity index (χ3n) is 10.4. The minimum atomic E-state index is -3.93. The van der Waals surface area contributed by atoms with Crippen LogP contribution in [-0.2, 0) is 48.7 Å². The topological polar surface area (TPSA) is 184 Å². The summed E-state index contributed by atoms with van der Waals surface area (Å²) in [6.07, 6.45) is 11.0. The number of carbonyl (C=O) groups is 3. The van der Waals surface area contributed by atoms with Crippen LogP contribution in [0.3, 0.4) is 0 Å². The van der Waals surface area contributed by atoms with Gasteiger partial charge in [-0.25, -0.2) is 27.6 Å². The van der Waals surface area contributed by atoms with Gasteiger partial charge in [0.1, 0.15) is 23.1 Å². The number of sulfonamides is 1. The van der Waals surface area contributed by atoms with Crippen molar-refractivity contribution in [2.75, 3.05) is 11.9 Å². The third-order valence-corrected chi connectivity index (χ3v) is 13.2. The van der Waals surface area contributed by atoms with E-state index in [9.17, 15) is 27.9 Å². The fraction of sp³-hybridized carbons (Fsp3) is 0.514. The van der Waals surface area contributed by atoms with E-state index < -0.39 is 40.1 Å². The molecule has 2 aromatic carbocycles. The van der Waals surface area contributed by atoms with Gasteiger partial charge in [-0.3, -0.25) is 14.9 Å². The zero-order valence-corrected chi connectivity index (χ0v) is 32.8. The normalized spacial score (nSPS) is 22.1. The number of carboxylic acids is 1. The molecule has 1 aromatic heterocycles. The number of fused-ring (bicyclic) bond motifs is 2. The molecule has 3 heterocycles. The number of aryl methyl sites for hydroxylation is 1. The first-order valence-electron chi connectivity index (χ1n) is 18.5. The highest BCUT2D eigenvalue weighted by molar-refractivity contribution is 7.97. The lowest BCUT2D eigenvalue weighted by Gasteiger charge is -2.35. The van der Waals surface area contributed by atoms with Crippen LogP contribution < -0.4 is 20.1 Å². The lowest BCUT2D eigenvalue weighted by atomic mass is 9.84. The number of aromatic nitrogens is 2. The number of hydrogen-bond donors (Lipinski definition) is 5. The van der Waals surface area contributed by atoms with Gasteiger partial charge < -0.3 is 24.6 Å². The number of carboxylic acid groups (broad SMARTS) is 1. The first kappa shape index (κ1) is 40.0. The Labute approximate surface area is 325 Å². The van der Waals surface area contributed by atoms with Gasteiger partial charge >= 0.3 is 11.9 Å². The fourth-order valence-electron chi connectivity index (χ4n) is 7.67. The number of benzene rings is 2. The zero-order chi connectivity index (χ0) is 38.4. The molecule has 14 nitrogen and oxygen atoms in total. The number of aliphatic carboxylic acids is 1. The molecule has 0 radical (unpaired) electrons. The summed E-state index contributed by atoms with van der Waals surface area (Å²) < 4.78 is 39.8. The molecule has 6 rings (SSSR count). The van der Waals surface area contributed by atoms with E-state index >= 15 is 0 Å². The van der Waals surface area contributed by atoms with Crippen molar-refractivity contribution in [3.05, 3.63) is 71.3 Å². The van der Waals surface area contributed by atoms with E-state index in [1.54, 1.807) is 43.4 Å². The Hall–Kier alpha value is -3.67. The van der Waals surface area contributed by atoms with E-state index in [4.69, 9.17) is 16.3 Å². The summed E-state index contributed by atoms with van der Waals surface area (Å²) in [5.41, 5.74) is 2.50.